The van der Waals surface area contributed by atoms with Crippen molar-refractivity contribution in [3.63, 3.8) is 0 Å². The minimum Gasteiger partial charge on any atom is -0.491 e. The van der Waals surface area contributed by atoms with Crippen LogP contribution < -0.4 is 4.74 Å². The van der Waals surface area contributed by atoms with E-state index in [0.29, 0.717) is 18.7 Å². The summed E-state index contributed by atoms with van der Waals surface area (Å²) in [6, 6.07) is 17.3. The number of carbonyl (C=O) groups excluding carboxylic acids is 2. The van der Waals surface area contributed by atoms with Crippen LogP contribution in [0.25, 0.3) is 0 Å². The standard InChI is InChI=1S/C28H32N2O3S/c1-19(2)30(28(32)22-11-7-5-9-20(22)3)17-27(31)29-15-13-26-23(14-16-34-26)24(29)18-33-25-12-8-6-10-21(25)4/h5-12,14,16,19,24H,13,15,17-18H2,1-4H3/t24-/m0/s1. The number of carbonyl (C=O) groups is 2. The van der Waals surface area contributed by atoms with Gasteiger partial charge in [0.05, 0.1) is 6.04 Å². The monoisotopic (exact) mass is 476 g/mol. The molecule has 1 aliphatic heterocycles. The van der Waals surface area contributed by atoms with Gasteiger partial charge in [-0.3, -0.25) is 9.59 Å². The van der Waals surface area contributed by atoms with Gasteiger partial charge in [-0.05, 0) is 74.4 Å². The lowest BCUT2D eigenvalue weighted by Crippen LogP contribution is -2.49. The molecule has 4 rings (SSSR count). The Morgan fingerprint density at radius 1 is 1.06 bits per heavy atom. The lowest BCUT2D eigenvalue weighted by molar-refractivity contribution is -0.136. The number of ether oxygens (including phenoxy) is 1. The topological polar surface area (TPSA) is 49.9 Å². The van der Waals surface area contributed by atoms with Crippen LogP contribution in [0.3, 0.4) is 0 Å². The minimum atomic E-state index is -0.176. The molecule has 6 heteroatoms. The molecule has 5 nitrogen and oxygen atoms in total. The van der Waals surface area contributed by atoms with Crippen LogP contribution >= 0.6 is 11.3 Å². The number of rotatable bonds is 7. The largest absolute Gasteiger partial charge is 0.491 e. The Morgan fingerprint density at radius 2 is 1.76 bits per heavy atom. The van der Waals surface area contributed by atoms with Gasteiger partial charge in [-0.2, -0.15) is 0 Å². The summed E-state index contributed by atoms with van der Waals surface area (Å²) in [5, 5.41) is 2.08. The highest BCUT2D eigenvalue weighted by molar-refractivity contribution is 7.10. The molecule has 1 aliphatic rings. The molecule has 1 aromatic heterocycles. The molecule has 2 amide bonds. The van der Waals surface area contributed by atoms with Crippen molar-refractivity contribution in [1.29, 1.82) is 0 Å². The number of para-hydroxylation sites is 1. The van der Waals surface area contributed by atoms with E-state index in [9.17, 15) is 9.59 Å². The number of nitrogens with zero attached hydrogens (tertiary/aromatic N) is 2. The summed E-state index contributed by atoms with van der Waals surface area (Å²) in [6.07, 6.45) is 0.826. The lowest BCUT2D eigenvalue weighted by atomic mass is 10.00. The minimum absolute atomic E-state index is 0.0468. The summed E-state index contributed by atoms with van der Waals surface area (Å²) in [5.41, 5.74) is 3.77. The number of hydrogen-bond donors (Lipinski definition) is 0. The molecule has 2 heterocycles. The molecular formula is C28H32N2O3S. The molecular weight excluding hydrogens is 444 g/mol. The molecule has 3 aromatic rings. The maximum Gasteiger partial charge on any atom is 0.254 e. The predicted octanol–water partition coefficient (Wildman–Crippen LogP) is 5.42. The first kappa shape index (κ1) is 24.0. The number of hydrogen-bond acceptors (Lipinski definition) is 4. The van der Waals surface area contributed by atoms with Crippen LogP contribution in [-0.2, 0) is 11.2 Å². The van der Waals surface area contributed by atoms with Crippen LogP contribution in [0.4, 0.5) is 0 Å². The number of benzene rings is 2. The molecule has 0 spiro atoms. The first-order valence-electron chi connectivity index (χ1n) is 11.8. The highest BCUT2D eigenvalue weighted by Crippen LogP contribution is 2.34. The first-order chi connectivity index (χ1) is 16.4. The third-order valence-corrected chi connectivity index (χ3v) is 7.47. The highest BCUT2D eigenvalue weighted by Gasteiger charge is 2.34. The molecule has 0 bridgehead atoms. The molecule has 0 fully saturated rings. The van der Waals surface area contributed by atoms with E-state index in [4.69, 9.17) is 4.74 Å². The SMILES string of the molecule is Cc1ccccc1OC[C@H]1c2ccsc2CCN1C(=O)CN(C(=O)c1ccccc1C)C(C)C. The Labute approximate surface area is 206 Å². The van der Waals surface area contributed by atoms with Crippen molar-refractivity contribution in [2.45, 2.75) is 46.2 Å². The molecule has 1 atom stereocenters. The molecule has 0 aliphatic carbocycles. The van der Waals surface area contributed by atoms with E-state index in [1.165, 1.54) is 4.88 Å². The maximum absolute atomic E-state index is 13.6. The Kier molecular flexibility index (Phi) is 7.37. The third-order valence-electron chi connectivity index (χ3n) is 6.47. The number of amides is 2. The summed E-state index contributed by atoms with van der Waals surface area (Å²) in [6.45, 7) is 8.91. The number of thiophene rings is 1. The fourth-order valence-electron chi connectivity index (χ4n) is 4.45. The van der Waals surface area contributed by atoms with Crippen molar-refractivity contribution in [2.24, 2.45) is 0 Å². The van der Waals surface area contributed by atoms with E-state index in [1.54, 1.807) is 16.2 Å². The molecule has 0 saturated heterocycles. The molecule has 178 valence electrons. The Hall–Kier alpha value is -3.12. The van der Waals surface area contributed by atoms with Gasteiger partial charge in [-0.25, -0.2) is 0 Å². The number of aryl methyl sites for hydroxylation is 2. The quantitative estimate of drug-likeness (QED) is 0.457. The van der Waals surface area contributed by atoms with E-state index in [0.717, 1.165) is 28.9 Å². The highest BCUT2D eigenvalue weighted by atomic mass is 32.1. The fourth-order valence-corrected chi connectivity index (χ4v) is 5.38. The summed E-state index contributed by atoms with van der Waals surface area (Å²) in [5.74, 6) is 0.670. The van der Waals surface area contributed by atoms with Crippen molar-refractivity contribution in [3.05, 3.63) is 87.1 Å². The fraction of sp³-hybridized carbons (Fsp3) is 0.357. The van der Waals surface area contributed by atoms with Crippen molar-refractivity contribution in [2.75, 3.05) is 19.7 Å². The van der Waals surface area contributed by atoms with Gasteiger partial charge in [0.15, 0.2) is 0 Å². The Balaban J connectivity index is 1.55. The average Bonchev–Trinajstić information content (AvgIpc) is 3.30. The third kappa shape index (κ3) is 5.02. The smallest absolute Gasteiger partial charge is 0.254 e. The van der Waals surface area contributed by atoms with Crippen LogP contribution in [0.15, 0.2) is 60.0 Å². The van der Waals surface area contributed by atoms with Crippen LogP contribution in [0.5, 0.6) is 5.75 Å². The Morgan fingerprint density at radius 3 is 2.47 bits per heavy atom. The van der Waals surface area contributed by atoms with E-state index in [-0.39, 0.29) is 30.4 Å². The average molecular weight is 477 g/mol. The van der Waals surface area contributed by atoms with E-state index >= 15 is 0 Å². The van der Waals surface area contributed by atoms with Crippen LogP contribution in [0, 0.1) is 13.8 Å². The molecule has 0 N–H and O–H groups in total. The second kappa shape index (κ2) is 10.4. The van der Waals surface area contributed by atoms with Gasteiger partial charge in [0, 0.05) is 23.0 Å². The number of fused-ring (bicyclic) bond motifs is 1. The van der Waals surface area contributed by atoms with E-state index < -0.39 is 0 Å². The van der Waals surface area contributed by atoms with Crippen molar-refractivity contribution >= 4 is 23.2 Å². The second-order valence-corrected chi connectivity index (χ2v) is 10.1. The van der Waals surface area contributed by atoms with Gasteiger partial charge in [-0.1, -0.05) is 36.4 Å². The predicted molar refractivity (Wildman–Crippen MR) is 137 cm³/mol. The first-order valence-corrected chi connectivity index (χ1v) is 12.7. The van der Waals surface area contributed by atoms with Crippen molar-refractivity contribution in [1.82, 2.24) is 9.80 Å². The normalized spacial score (nSPS) is 15.2. The molecule has 0 saturated carbocycles. The van der Waals surface area contributed by atoms with E-state index in [1.807, 2.05) is 81.1 Å². The zero-order valence-electron chi connectivity index (χ0n) is 20.3. The van der Waals surface area contributed by atoms with Gasteiger partial charge in [0.1, 0.15) is 18.9 Å². The zero-order valence-corrected chi connectivity index (χ0v) is 21.1. The molecule has 2 aromatic carbocycles. The maximum atomic E-state index is 13.6. The molecule has 34 heavy (non-hydrogen) atoms. The van der Waals surface area contributed by atoms with Crippen molar-refractivity contribution < 1.29 is 14.3 Å². The molecule has 0 unspecified atom stereocenters. The van der Waals surface area contributed by atoms with Crippen LogP contribution in [0.1, 0.15) is 51.8 Å². The van der Waals surface area contributed by atoms with Gasteiger partial charge in [0.25, 0.3) is 5.91 Å². The molecule has 0 radical (unpaired) electrons. The van der Waals surface area contributed by atoms with Gasteiger partial charge in [-0.15, -0.1) is 11.3 Å². The van der Waals surface area contributed by atoms with Gasteiger partial charge < -0.3 is 14.5 Å². The summed E-state index contributed by atoms with van der Waals surface area (Å²) in [4.78, 5) is 31.9. The lowest BCUT2D eigenvalue weighted by Gasteiger charge is -2.38. The van der Waals surface area contributed by atoms with Crippen LogP contribution in [-0.4, -0.2) is 47.4 Å². The van der Waals surface area contributed by atoms with E-state index in [2.05, 4.69) is 11.4 Å². The van der Waals surface area contributed by atoms with Gasteiger partial charge >= 0.3 is 0 Å². The summed E-state index contributed by atoms with van der Waals surface area (Å²) >= 11 is 1.73. The second-order valence-electron chi connectivity index (χ2n) is 9.07. The summed E-state index contributed by atoms with van der Waals surface area (Å²) in [7, 11) is 0. The Bertz CT molecular complexity index is 1170. The zero-order chi connectivity index (χ0) is 24.2. The van der Waals surface area contributed by atoms with Crippen molar-refractivity contribution in [3.8, 4) is 5.75 Å². The van der Waals surface area contributed by atoms with Crippen LogP contribution in [0.2, 0.25) is 0 Å². The summed E-state index contributed by atoms with van der Waals surface area (Å²) < 4.78 is 6.20. The van der Waals surface area contributed by atoms with Gasteiger partial charge in [0.2, 0.25) is 5.91 Å².